The molecule has 0 fully saturated rings. The monoisotopic (exact) mass is 491 g/mol. The molecule has 35 heavy (non-hydrogen) atoms. The first-order valence-corrected chi connectivity index (χ1v) is 12.0. The number of thioether (sulfide) groups is 1. The quantitative estimate of drug-likeness (QED) is 0.452. The Kier molecular flexibility index (Phi) is 6.12. The van der Waals surface area contributed by atoms with Gasteiger partial charge in [-0.3, -0.25) is 0 Å². The average Bonchev–Trinajstić information content (AvgIpc) is 3.52. The lowest BCUT2D eigenvalue weighted by Crippen LogP contribution is -2.55. The third-order valence-electron chi connectivity index (χ3n) is 5.46. The van der Waals surface area contributed by atoms with E-state index in [4.69, 9.17) is 14.0 Å². The van der Waals surface area contributed by atoms with Crippen LogP contribution in [0.5, 0.6) is 11.5 Å². The minimum atomic E-state index is -0.533. The predicted octanol–water partition coefficient (Wildman–Crippen LogP) is 4.28. The zero-order valence-electron chi connectivity index (χ0n) is 19.4. The Morgan fingerprint density at radius 1 is 1.14 bits per heavy atom. The van der Waals surface area contributed by atoms with Crippen molar-refractivity contribution in [2.75, 3.05) is 12.0 Å². The van der Waals surface area contributed by atoms with Gasteiger partial charge in [0, 0.05) is 11.6 Å². The smallest absolute Gasteiger partial charge is 0.497 e. The minimum Gasteiger partial charge on any atom is -0.497 e. The van der Waals surface area contributed by atoms with Crippen LogP contribution < -0.4 is 14.4 Å². The molecule has 2 aliphatic rings. The van der Waals surface area contributed by atoms with Crippen LogP contribution in [-0.4, -0.2) is 50.8 Å². The molecule has 2 aliphatic heterocycles. The van der Waals surface area contributed by atoms with Crippen LogP contribution in [0.1, 0.15) is 19.7 Å². The van der Waals surface area contributed by atoms with Crippen LogP contribution in [0.4, 0.5) is 10.5 Å². The van der Waals surface area contributed by atoms with E-state index in [-0.39, 0.29) is 24.4 Å². The van der Waals surface area contributed by atoms with Gasteiger partial charge < -0.3 is 14.0 Å². The molecule has 2 aromatic carbocycles. The second-order valence-electron chi connectivity index (χ2n) is 8.19. The fraction of sp³-hybridized carbons (Fsp3) is 0.240. The fourth-order valence-corrected chi connectivity index (χ4v) is 4.82. The molecule has 3 amide bonds. The lowest BCUT2D eigenvalue weighted by atomic mass is 10.1. The Balaban J connectivity index is 1.43. The maximum atomic E-state index is 13.5. The Hall–Kier alpha value is -3.92. The summed E-state index contributed by atoms with van der Waals surface area (Å²) in [6, 6.07) is 13.7. The number of amides is 3. The van der Waals surface area contributed by atoms with Crippen molar-refractivity contribution < 1.29 is 28.2 Å². The van der Waals surface area contributed by atoms with Crippen LogP contribution in [0.2, 0.25) is 0 Å². The number of anilines is 1. The maximum Gasteiger partial charge on any atom is 0.506 e. The first-order valence-electron chi connectivity index (χ1n) is 11.0. The average molecular weight is 492 g/mol. The number of hydrogen-bond donors (Lipinski definition) is 0. The van der Waals surface area contributed by atoms with Crippen LogP contribution in [-0.2, 0) is 11.3 Å². The number of imide groups is 1. The van der Waals surface area contributed by atoms with Crippen LogP contribution in [0.3, 0.4) is 0 Å². The van der Waals surface area contributed by atoms with Gasteiger partial charge in [0.25, 0.3) is 5.89 Å². The highest BCUT2D eigenvalue weighted by Crippen LogP contribution is 2.32. The van der Waals surface area contributed by atoms with Gasteiger partial charge >= 0.3 is 11.9 Å². The van der Waals surface area contributed by atoms with E-state index in [1.165, 1.54) is 28.3 Å². The number of hydrogen-bond acceptors (Lipinski definition) is 8. The van der Waals surface area contributed by atoms with Crippen molar-refractivity contribution in [1.29, 1.82) is 0 Å². The van der Waals surface area contributed by atoms with Gasteiger partial charge in [-0.15, -0.1) is 16.7 Å². The third-order valence-corrected chi connectivity index (χ3v) is 6.47. The molecule has 1 aromatic heterocycles. The molecule has 178 valence electrons. The molecule has 10 heteroatoms. The fourth-order valence-electron chi connectivity index (χ4n) is 3.88. The van der Waals surface area contributed by atoms with Crippen molar-refractivity contribution in [2.45, 2.75) is 31.7 Å². The number of urea groups is 1. The Morgan fingerprint density at radius 2 is 1.94 bits per heavy atom. The van der Waals surface area contributed by atoms with Crippen molar-refractivity contribution in [1.82, 2.24) is 10.1 Å². The van der Waals surface area contributed by atoms with E-state index in [0.717, 1.165) is 11.3 Å². The molecule has 1 unspecified atom stereocenters. The second-order valence-corrected chi connectivity index (χ2v) is 9.21. The molecule has 0 N–H and O–H groups in total. The van der Waals surface area contributed by atoms with Gasteiger partial charge in [-0.2, -0.15) is 14.4 Å². The van der Waals surface area contributed by atoms with Crippen LogP contribution in [0, 0.1) is 0 Å². The predicted molar refractivity (Wildman–Crippen MR) is 131 cm³/mol. The topological polar surface area (TPSA) is 97.8 Å². The van der Waals surface area contributed by atoms with Crippen LogP contribution in [0.25, 0.3) is 11.4 Å². The number of allylic oxidation sites excluding steroid dienone is 1. The molecule has 0 bridgehead atoms. The van der Waals surface area contributed by atoms with Gasteiger partial charge in [0.1, 0.15) is 22.9 Å². The van der Waals surface area contributed by atoms with Gasteiger partial charge in [-0.05, 0) is 61.7 Å². The second kappa shape index (κ2) is 9.38. The molecule has 5 rings (SSSR count). The van der Waals surface area contributed by atoms with E-state index < -0.39 is 11.3 Å². The molecular weight excluding hydrogens is 468 g/mol. The van der Waals surface area contributed by atoms with Crippen molar-refractivity contribution >= 4 is 35.1 Å². The Morgan fingerprint density at radius 3 is 2.69 bits per heavy atom. The van der Waals surface area contributed by atoms with Gasteiger partial charge in [0.05, 0.1) is 13.2 Å². The number of carbonyl (C=O) groups is 2. The van der Waals surface area contributed by atoms with E-state index in [1.54, 1.807) is 30.3 Å². The van der Waals surface area contributed by atoms with E-state index in [2.05, 4.69) is 10.1 Å². The van der Waals surface area contributed by atoms with Gasteiger partial charge in [-0.25, -0.2) is 4.79 Å². The molecule has 1 atom stereocenters. The summed E-state index contributed by atoms with van der Waals surface area (Å²) in [5, 5.41) is 5.35. The van der Waals surface area contributed by atoms with E-state index in [1.807, 2.05) is 43.5 Å². The Bertz CT molecular complexity index is 1350. The first-order chi connectivity index (χ1) is 16.9. The zero-order chi connectivity index (χ0) is 24.5. The first kappa shape index (κ1) is 22.9. The largest absolute Gasteiger partial charge is 0.506 e. The minimum absolute atomic E-state index is 0.0326. The van der Waals surface area contributed by atoms with Crippen molar-refractivity contribution in [2.24, 2.45) is 0 Å². The number of aromatic nitrogens is 2. The number of rotatable bonds is 7. The van der Waals surface area contributed by atoms with E-state index >= 15 is 0 Å². The van der Waals surface area contributed by atoms with Gasteiger partial charge in [-0.1, -0.05) is 11.2 Å². The summed E-state index contributed by atoms with van der Waals surface area (Å²) >= 11 is 1.35. The summed E-state index contributed by atoms with van der Waals surface area (Å²) in [5.41, 5.74) is 1.79. The number of nitrogens with zero attached hydrogens (tertiary/aromatic N) is 4. The molecule has 0 aliphatic carbocycles. The molecule has 0 spiro atoms. The highest BCUT2D eigenvalue weighted by atomic mass is 32.2. The third kappa shape index (κ3) is 4.44. The summed E-state index contributed by atoms with van der Waals surface area (Å²) in [5.74, 6) is 1.65. The van der Waals surface area contributed by atoms with Crippen LogP contribution >= 0.6 is 11.8 Å². The SMILES string of the molecule is COc1cccc(N2C(=O)C3SC=CC3=[N+](Cc3nc(-c4ccc(OC(C)C)cc4)no3)C2=O)c1. The van der Waals surface area contributed by atoms with Crippen molar-refractivity contribution in [3.05, 3.63) is 65.9 Å². The van der Waals surface area contributed by atoms with Gasteiger partial charge in [0.15, 0.2) is 11.8 Å². The van der Waals surface area contributed by atoms with Gasteiger partial charge in [0.2, 0.25) is 5.82 Å². The summed E-state index contributed by atoms with van der Waals surface area (Å²) in [7, 11) is 1.53. The number of methoxy groups -OCH3 is 1. The summed E-state index contributed by atoms with van der Waals surface area (Å²) in [4.78, 5) is 32.3. The highest BCUT2D eigenvalue weighted by molar-refractivity contribution is 8.04. The summed E-state index contributed by atoms with van der Waals surface area (Å²) < 4.78 is 17.9. The lowest BCUT2D eigenvalue weighted by molar-refractivity contribution is -0.448. The number of carbonyl (C=O) groups excluding carboxylic acids is 2. The molecular formula is C25H23N4O5S+. The van der Waals surface area contributed by atoms with Crippen molar-refractivity contribution in [3.8, 4) is 22.9 Å². The van der Waals surface area contributed by atoms with Crippen molar-refractivity contribution in [3.63, 3.8) is 0 Å². The lowest BCUT2D eigenvalue weighted by Gasteiger charge is -2.23. The number of fused-ring (bicyclic) bond motifs is 1. The number of benzene rings is 2. The van der Waals surface area contributed by atoms with Crippen LogP contribution in [0.15, 0.2) is 64.5 Å². The maximum absolute atomic E-state index is 13.5. The molecule has 9 nitrogen and oxygen atoms in total. The number of ether oxygens (including phenoxy) is 2. The van der Waals surface area contributed by atoms with E-state index in [9.17, 15) is 9.59 Å². The zero-order valence-corrected chi connectivity index (χ0v) is 20.2. The molecule has 3 heterocycles. The molecule has 0 saturated carbocycles. The summed E-state index contributed by atoms with van der Waals surface area (Å²) in [6.07, 6.45) is 1.85. The molecule has 0 radical (unpaired) electrons. The Labute approximate surface area is 206 Å². The molecule has 0 saturated heterocycles. The summed E-state index contributed by atoms with van der Waals surface area (Å²) in [6.45, 7) is 3.96. The normalized spacial score (nSPS) is 17.4. The van der Waals surface area contributed by atoms with E-state index in [0.29, 0.717) is 23.0 Å². The standard InChI is InChI=1S/C25H23N4O5S/c1-15(2)33-18-9-7-16(8-10-18)23-26-21(34-27-23)14-28-20-11-12-35-22(20)24(30)29(25(28)31)17-5-4-6-19(13-17)32-3/h4-13,15,22H,14H2,1-3H3/q+1. The molecule has 3 aromatic rings. The highest BCUT2D eigenvalue weighted by Gasteiger charge is 2.50.